The summed E-state index contributed by atoms with van der Waals surface area (Å²) >= 11 is 7.56. The smallest absolute Gasteiger partial charge is 0.264 e. The summed E-state index contributed by atoms with van der Waals surface area (Å²) in [4.78, 5) is 29.4. The van der Waals surface area contributed by atoms with Gasteiger partial charge in [-0.15, -0.1) is 11.8 Å². The Hall–Kier alpha value is -3.21. The number of thioether (sulfide) groups is 1. The van der Waals surface area contributed by atoms with Crippen LogP contribution in [0, 0.1) is 0 Å². The summed E-state index contributed by atoms with van der Waals surface area (Å²) in [7, 11) is -4.16. The molecule has 0 saturated carbocycles. The number of nitrogens with zero attached hydrogens (tertiary/aromatic N) is 2. The number of hydrogen-bond donors (Lipinski definition) is 1. The van der Waals surface area contributed by atoms with Crippen molar-refractivity contribution in [1.82, 2.24) is 10.2 Å². The molecule has 0 saturated heterocycles. The van der Waals surface area contributed by atoms with E-state index in [-0.39, 0.29) is 17.3 Å². The zero-order chi connectivity index (χ0) is 30.7. The Morgan fingerprint density at radius 3 is 2.19 bits per heavy atom. The fraction of sp³-hybridized carbons (Fsp3) is 0.355. The predicted octanol–water partition coefficient (Wildman–Crippen LogP) is 5.99. The molecular weight excluding hydrogens is 594 g/mol. The Kier molecular flexibility index (Phi) is 12.6. The fourth-order valence-corrected chi connectivity index (χ4v) is 6.13. The lowest BCUT2D eigenvalue weighted by molar-refractivity contribution is -0.139. The van der Waals surface area contributed by atoms with Crippen molar-refractivity contribution in [3.63, 3.8) is 0 Å². The molecule has 0 radical (unpaired) electrons. The summed E-state index contributed by atoms with van der Waals surface area (Å²) in [5.41, 5.74) is 1.05. The molecule has 0 bridgehead atoms. The number of benzene rings is 3. The van der Waals surface area contributed by atoms with Gasteiger partial charge in [-0.2, -0.15) is 0 Å². The molecule has 3 rings (SSSR count). The van der Waals surface area contributed by atoms with Crippen molar-refractivity contribution in [1.29, 1.82) is 0 Å². The Morgan fingerprint density at radius 2 is 1.62 bits per heavy atom. The van der Waals surface area contributed by atoms with Gasteiger partial charge in [0.25, 0.3) is 10.0 Å². The molecule has 0 aliphatic rings. The number of nitrogens with one attached hydrogen (secondary N) is 1. The first-order chi connectivity index (χ1) is 20.1. The van der Waals surface area contributed by atoms with Gasteiger partial charge in [0.2, 0.25) is 11.8 Å². The topological polar surface area (TPSA) is 96.0 Å². The maximum absolute atomic E-state index is 14.0. The molecule has 1 N–H and O–H groups in total. The van der Waals surface area contributed by atoms with Crippen LogP contribution >= 0.6 is 23.4 Å². The molecule has 42 heavy (non-hydrogen) atoms. The normalized spacial score (nSPS) is 11.9. The zero-order valence-corrected chi connectivity index (χ0v) is 26.8. The lowest BCUT2D eigenvalue weighted by Gasteiger charge is -2.32. The number of sulfonamides is 1. The third kappa shape index (κ3) is 8.89. The second-order valence-corrected chi connectivity index (χ2v) is 12.8. The van der Waals surface area contributed by atoms with Crippen LogP contribution in [0.15, 0.2) is 82.6 Å². The minimum Gasteiger partial charge on any atom is -0.494 e. The van der Waals surface area contributed by atoms with Gasteiger partial charge in [0.15, 0.2) is 0 Å². The SMILES string of the molecule is CCCCNC(=O)[C@@H](C)N(Cc1ccc(Cl)cc1)C(=O)CN(c1ccc(OCC)cc1)S(=O)(=O)c1ccc(SC)cc1. The number of carbonyl (C=O) groups excluding carboxylic acids is 2. The first-order valence-electron chi connectivity index (χ1n) is 13.8. The summed E-state index contributed by atoms with van der Waals surface area (Å²) in [5.74, 6) is -0.258. The molecule has 0 heterocycles. The van der Waals surface area contributed by atoms with Crippen LogP contribution in [0.1, 0.15) is 39.2 Å². The molecule has 0 aliphatic carbocycles. The highest BCUT2D eigenvalue weighted by atomic mass is 35.5. The standard InChI is InChI=1S/C31H38ClN3O5S2/c1-5-7-20-33-31(37)23(3)34(21-24-8-10-25(32)11-9-24)30(36)22-35(26-12-14-27(15-13-26)40-6-2)42(38,39)29-18-16-28(41-4)17-19-29/h8-19,23H,5-7,20-22H2,1-4H3,(H,33,37)/t23-/m1/s1. The summed E-state index contributed by atoms with van der Waals surface area (Å²) in [5, 5.41) is 3.43. The fourth-order valence-electron chi connectivity index (χ4n) is 4.18. The first-order valence-corrected chi connectivity index (χ1v) is 16.9. The summed E-state index contributed by atoms with van der Waals surface area (Å²) < 4.78 is 34.6. The number of anilines is 1. The molecule has 0 spiro atoms. The van der Waals surface area contributed by atoms with Crippen LogP contribution in [0.4, 0.5) is 5.69 Å². The number of carbonyl (C=O) groups is 2. The van der Waals surface area contributed by atoms with Crippen molar-refractivity contribution in [3.05, 3.63) is 83.4 Å². The second kappa shape index (κ2) is 15.9. The monoisotopic (exact) mass is 631 g/mol. The van der Waals surface area contributed by atoms with Crippen molar-refractivity contribution >= 4 is 50.9 Å². The third-order valence-electron chi connectivity index (χ3n) is 6.63. The number of amides is 2. The van der Waals surface area contributed by atoms with E-state index in [4.69, 9.17) is 16.3 Å². The van der Waals surface area contributed by atoms with Crippen molar-refractivity contribution in [2.75, 3.05) is 30.3 Å². The van der Waals surface area contributed by atoms with Crippen molar-refractivity contribution in [2.45, 2.75) is 56.0 Å². The Morgan fingerprint density at radius 1 is 0.976 bits per heavy atom. The molecule has 0 unspecified atom stereocenters. The molecule has 11 heteroatoms. The summed E-state index contributed by atoms with van der Waals surface area (Å²) in [6.07, 6.45) is 3.63. The van der Waals surface area contributed by atoms with Crippen molar-refractivity contribution in [2.24, 2.45) is 0 Å². The van der Waals surface area contributed by atoms with Crippen LogP contribution in [-0.2, 0) is 26.2 Å². The van der Waals surface area contributed by atoms with Gasteiger partial charge in [0.05, 0.1) is 17.2 Å². The highest BCUT2D eigenvalue weighted by molar-refractivity contribution is 7.98. The van der Waals surface area contributed by atoms with Gasteiger partial charge in [-0.25, -0.2) is 8.42 Å². The molecule has 0 aliphatic heterocycles. The minimum absolute atomic E-state index is 0.0524. The van der Waals surface area contributed by atoms with Crippen LogP contribution in [0.2, 0.25) is 5.02 Å². The maximum atomic E-state index is 14.0. The minimum atomic E-state index is -4.16. The molecule has 1 atom stereocenters. The van der Waals surface area contributed by atoms with E-state index in [2.05, 4.69) is 5.32 Å². The molecular formula is C31H38ClN3O5S2. The van der Waals surface area contributed by atoms with Gasteiger partial charge in [-0.05, 0) is 92.8 Å². The molecule has 226 valence electrons. The van der Waals surface area contributed by atoms with Crippen molar-refractivity contribution in [3.8, 4) is 5.75 Å². The van der Waals surface area contributed by atoms with E-state index in [1.54, 1.807) is 67.6 Å². The van der Waals surface area contributed by atoms with E-state index < -0.39 is 28.5 Å². The van der Waals surface area contributed by atoms with Gasteiger partial charge < -0.3 is 15.0 Å². The Bertz CT molecular complexity index is 1420. The third-order valence-corrected chi connectivity index (χ3v) is 9.41. The van der Waals surface area contributed by atoms with Crippen LogP contribution in [-0.4, -0.2) is 57.1 Å². The molecule has 2 amide bonds. The van der Waals surface area contributed by atoms with E-state index in [1.165, 1.54) is 28.8 Å². The lowest BCUT2D eigenvalue weighted by atomic mass is 10.1. The summed E-state index contributed by atoms with van der Waals surface area (Å²) in [6.45, 7) is 6.05. The summed E-state index contributed by atoms with van der Waals surface area (Å²) in [6, 6.07) is 19.2. The molecule has 3 aromatic carbocycles. The highest BCUT2D eigenvalue weighted by Gasteiger charge is 2.32. The molecule has 0 aromatic heterocycles. The van der Waals surface area contributed by atoms with Crippen LogP contribution in [0.3, 0.4) is 0 Å². The second-order valence-electron chi connectivity index (χ2n) is 9.58. The van der Waals surface area contributed by atoms with E-state index in [1.807, 2.05) is 20.1 Å². The number of rotatable bonds is 15. The van der Waals surface area contributed by atoms with Gasteiger partial charge in [0.1, 0.15) is 18.3 Å². The quantitative estimate of drug-likeness (QED) is 0.164. The predicted molar refractivity (Wildman–Crippen MR) is 170 cm³/mol. The lowest BCUT2D eigenvalue weighted by Crippen LogP contribution is -2.51. The number of ether oxygens (including phenoxy) is 1. The van der Waals surface area contributed by atoms with Crippen LogP contribution in [0.5, 0.6) is 5.75 Å². The molecule has 8 nitrogen and oxygen atoms in total. The van der Waals surface area contributed by atoms with Gasteiger partial charge >= 0.3 is 0 Å². The first kappa shape index (κ1) is 33.3. The van der Waals surface area contributed by atoms with E-state index >= 15 is 0 Å². The Labute approximate surface area is 258 Å². The maximum Gasteiger partial charge on any atom is 0.264 e. The van der Waals surface area contributed by atoms with Crippen LogP contribution in [0.25, 0.3) is 0 Å². The van der Waals surface area contributed by atoms with Gasteiger partial charge in [0, 0.05) is 23.0 Å². The van der Waals surface area contributed by atoms with Gasteiger partial charge in [-0.3, -0.25) is 13.9 Å². The average Bonchev–Trinajstić information content (AvgIpc) is 2.99. The molecule has 3 aromatic rings. The average molecular weight is 632 g/mol. The van der Waals surface area contributed by atoms with Crippen LogP contribution < -0.4 is 14.4 Å². The molecule has 0 fully saturated rings. The highest BCUT2D eigenvalue weighted by Crippen LogP contribution is 2.28. The van der Waals surface area contributed by atoms with E-state index in [0.717, 1.165) is 27.6 Å². The zero-order valence-electron chi connectivity index (χ0n) is 24.4. The largest absolute Gasteiger partial charge is 0.494 e. The number of hydrogen-bond acceptors (Lipinski definition) is 6. The van der Waals surface area contributed by atoms with E-state index in [9.17, 15) is 18.0 Å². The van der Waals surface area contributed by atoms with E-state index in [0.29, 0.717) is 29.6 Å². The van der Waals surface area contributed by atoms with Crippen molar-refractivity contribution < 1.29 is 22.7 Å². The van der Waals surface area contributed by atoms with Gasteiger partial charge in [-0.1, -0.05) is 37.1 Å². The number of unbranched alkanes of at least 4 members (excludes halogenated alkanes) is 1. The number of halogens is 1. The Balaban J connectivity index is 2.00.